The molecule has 4 nitrogen and oxygen atoms in total. The molecule has 0 saturated heterocycles. The number of amides is 1. The summed E-state index contributed by atoms with van der Waals surface area (Å²) in [6.45, 7) is 2.34. The molecule has 0 aliphatic heterocycles. The maximum absolute atomic E-state index is 12.9. The van der Waals surface area contributed by atoms with Crippen LogP contribution in [0.1, 0.15) is 22.8 Å². The van der Waals surface area contributed by atoms with Gasteiger partial charge in [0.15, 0.2) is 0 Å². The second-order valence-electron chi connectivity index (χ2n) is 5.72. The van der Waals surface area contributed by atoms with Gasteiger partial charge in [0.1, 0.15) is 0 Å². The molecular formula is C19H19Cl2NO3. The SMILES string of the molecule is COC(=O)C(C)CN(Cc1ccccc1)C(=O)c1ccc(Cl)c(Cl)c1. The molecule has 25 heavy (non-hydrogen) atoms. The van der Waals surface area contributed by atoms with Gasteiger partial charge in [-0.2, -0.15) is 0 Å². The van der Waals surface area contributed by atoms with Gasteiger partial charge in [-0.1, -0.05) is 60.5 Å². The lowest BCUT2D eigenvalue weighted by Crippen LogP contribution is -2.36. The van der Waals surface area contributed by atoms with Gasteiger partial charge in [0.25, 0.3) is 5.91 Å². The number of benzene rings is 2. The number of ether oxygens (including phenoxy) is 1. The van der Waals surface area contributed by atoms with E-state index in [-0.39, 0.29) is 18.4 Å². The maximum Gasteiger partial charge on any atom is 0.310 e. The minimum Gasteiger partial charge on any atom is -0.469 e. The van der Waals surface area contributed by atoms with Crippen molar-refractivity contribution in [1.82, 2.24) is 4.90 Å². The molecule has 0 saturated carbocycles. The van der Waals surface area contributed by atoms with E-state index in [4.69, 9.17) is 27.9 Å². The van der Waals surface area contributed by atoms with Crippen LogP contribution in [-0.4, -0.2) is 30.4 Å². The Morgan fingerprint density at radius 3 is 2.36 bits per heavy atom. The molecule has 6 heteroatoms. The van der Waals surface area contributed by atoms with Crippen molar-refractivity contribution in [3.8, 4) is 0 Å². The molecule has 0 spiro atoms. The first-order valence-electron chi connectivity index (χ1n) is 7.78. The van der Waals surface area contributed by atoms with Gasteiger partial charge in [-0.05, 0) is 23.8 Å². The number of nitrogens with zero attached hydrogens (tertiary/aromatic N) is 1. The summed E-state index contributed by atoms with van der Waals surface area (Å²) in [5.74, 6) is -1.03. The third-order valence-electron chi connectivity index (χ3n) is 3.77. The third-order valence-corrected chi connectivity index (χ3v) is 4.51. The van der Waals surface area contributed by atoms with Crippen LogP contribution in [0.5, 0.6) is 0 Å². The van der Waals surface area contributed by atoms with Crippen LogP contribution in [0, 0.1) is 5.92 Å². The fourth-order valence-electron chi connectivity index (χ4n) is 2.44. The third kappa shape index (κ3) is 5.21. The van der Waals surface area contributed by atoms with E-state index in [1.807, 2.05) is 30.3 Å². The van der Waals surface area contributed by atoms with Gasteiger partial charge in [-0.15, -0.1) is 0 Å². The number of hydrogen-bond donors (Lipinski definition) is 0. The highest BCUT2D eigenvalue weighted by Gasteiger charge is 2.23. The van der Waals surface area contributed by atoms with E-state index in [2.05, 4.69) is 0 Å². The van der Waals surface area contributed by atoms with Gasteiger partial charge in [0.05, 0.1) is 23.1 Å². The van der Waals surface area contributed by atoms with Crippen LogP contribution in [0.25, 0.3) is 0 Å². The van der Waals surface area contributed by atoms with E-state index in [1.165, 1.54) is 13.2 Å². The lowest BCUT2D eigenvalue weighted by Gasteiger charge is -2.25. The summed E-state index contributed by atoms with van der Waals surface area (Å²) in [6.07, 6.45) is 0. The average molecular weight is 380 g/mol. The van der Waals surface area contributed by atoms with Gasteiger partial charge >= 0.3 is 5.97 Å². The van der Waals surface area contributed by atoms with E-state index < -0.39 is 5.92 Å². The molecule has 0 heterocycles. The molecule has 0 bridgehead atoms. The van der Waals surface area contributed by atoms with E-state index in [0.29, 0.717) is 22.2 Å². The highest BCUT2D eigenvalue weighted by Crippen LogP contribution is 2.24. The Morgan fingerprint density at radius 1 is 1.08 bits per heavy atom. The summed E-state index contributed by atoms with van der Waals surface area (Å²) >= 11 is 11.9. The van der Waals surface area contributed by atoms with Crippen LogP contribution in [-0.2, 0) is 16.1 Å². The van der Waals surface area contributed by atoms with Crippen LogP contribution >= 0.6 is 23.2 Å². The second-order valence-corrected chi connectivity index (χ2v) is 6.54. The summed E-state index contributed by atoms with van der Waals surface area (Å²) in [7, 11) is 1.33. The van der Waals surface area contributed by atoms with Crippen molar-refractivity contribution in [2.24, 2.45) is 5.92 Å². The molecule has 1 amide bonds. The van der Waals surface area contributed by atoms with Crippen LogP contribution in [0.3, 0.4) is 0 Å². The van der Waals surface area contributed by atoms with Crippen molar-refractivity contribution in [1.29, 1.82) is 0 Å². The van der Waals surface area contributed by atoms with Crippen molar-refractivity contribution >= 4 is 35.1 Å². The minimum atomic E-state index is -0.444. The highest BCUT2D eigenvalue weighted by atomic mass is 35.5. The number of esters is 1. The maximum atomic E-state index is 12.9. The first-order chi connectivity index (χ1) is 11.9. The molecule has 0 aliphatic rings. The first-order valence-corrected chi connectivity index (χ1v) is 8.54. The predicted molar refractivity (Wildman–Crippen MR) is 98.8 cm³/mol. The molecular weight excluding hydrogens is 361 g/mol. The van der Waals surface area contributed by atoms with Crippen molar-refractivity contribution in [2.75, 3.05) is 13.7 Å². The Balaban J connectivity index is 2.27. The summed E-state index contributed by atoms with van der Waals surface area (Å²) in [5, 5.41) is 0.698. The Morgan fingerprint density at radius 2 is 1.76 bits per heavy atom. The molecule has 2 aromatic carbocycles. The molecule has 0 aliphatic carbocycles. The fraction of sp³-hybridized carbons (Fsp3) is 0.263. The number of carbonyl (C=O) groups is 2. The zero-order chi connectivity index (χ0) is 18.4. The lowest BCUT2D eigenvalue weighted by atomic mass is 10.1. The largest absolute Gasteiger partial charge is 0.469 e. The van der Waals surface area contributed by atoms with Gasteiger partial charge in [0, 0.05) is 18.7 Å². The lowest BCUT2D eigenvalue weighted by molar-refractivity contribution is -0.145. The first kappa shape index (κ1) is 19.3. The van der Waals surface area contributed by atoms with Crippen molar-refractivity contribution < 1.29 is 14.3 Å². The summed E-state index contributed by atoms with van der Waals surface area (Å²) < 4.78 is 4.77. The average Bonchev–Trinajstić information content (AvgIpc) is 2.62. The Labute approximate surface area is 157 Å². The number of halogens is 2. The van der Waals surface area contributed by atoms with Crippen molar-refractivity contribution in [3.05, 3.63) is 69.7 Å². The van der Waals surface area contributed by atoms with Gasteiger partial charge in [-0.3, -0.25) is 9.59 Å². The van der Waals surface area contributed by atoms with Gasteiger partial charge in [-0.25, -0.2) is 0 Å². The second kappa shape index (κ2) is 8.88. The fourth-order valence-corrected chi connectivity index (χ4v) is 2.74. The van der Waals surface area contributed by atoms with Crippen LogP contribution < -0.4 is 0 Å². The monoisotopic (exact) mass is 379 g/mol. The van der Waals surface area contributed by atoms with Crippen LogP contribution in [0.2, 0.25) is 10.0 Å². The van der Waals surface area contributed by atoms with Crippen molar-refractivity contribution in [2.45, 2.75) is 13.5 Å². The van der Waals surface area contributed by atoms with Gasteiger partial charge < -0.3 is 9.64 Å². The van der Waals surface area contributed by atoms with E-state index >= 15 is 0 Å². The van der Waals surface area contributed by atoms with E-state index in [0.717, 1.165) is 5.56 Å². The summed E-state index contributed by atoms with van der Waals surface area (Å²) in [4.78, 5) is 26.3. The number of carbonyl (C=O) groups excluding carboxylic acids is 2. The van der Waals surface area contributed by atoms with Crippen LogP contribution in [0.15, 0.2) is 48.5 Å². The molecule has 0 radical (unpaired) electrons. The van der Waals surface area contributed by atoms with Crippen molar-refractivity contribution in [3.63, 3.8) is 0 Å². The normalized spacial score (nSPS) is 11.7. The molecule has 1 atom stereocenters. The smallest absolute Gasteiger partial charge is 0.310 e. The Kier molecular flexibility index (Phi) is 6.85. The summed E-state index contributed by atoms with van der Waals surface area (Å²) in [5.41, 5.74) is 1.38. The minimum absolute atomic E-state index is 0.224. The molecule has 1 unspecified atom stereocenters. The van der Waals surface area contributed by atoms with Gasteiger partial charge in [0.2, 0.25) is 0 Å². The number of hydrogen-bond acceptors (Lipinski definition) is 3. The molecule has 2 rings (SSSR count). The van der Waals surface area contributed by atoms with Crippen LogP contribution in [0.4, 0.5) is 0 Å². The predicted octanol–water partition coefficient (Wildman–Crippen LogP) is 4.44. The highest BCUT2D eigenvalue weighted by molar-refractivity contribution is 6.42. The molecule has 0 aromatic heterocycles. The number of rotatable bonds is 6. The molecule has 0 fully saturated rings. The number of methoxy groups -OCH3 is 1. The zero-order valence-corrected chi connectivity index (χ0v) is 15.6. The zero-order valence-electron chi connectivity index (χ0n) is 14.0. The molecule has 2 aromatic rings. The Bertz CT molecular complexity index is 750. The van der Waals surface area contributed by atoms with E-state index in [1.54, 1.807) is 24.0 Å². The quantitative estimate of drug-likeness (QED) is 0.696. The standard InChI is InChI=1S/C19H19Cl2NO3/c1-13(19(24)25-2)11-22(12-14-6-4-3-5-7-14)18(23)15-8-9-16(20)17(21)10-15/h3-10,13H,11-12H2,1-2H3. The summed E-state index contributed by atoms with van der Waals surface area (Å²) in [6, 6.07) is 14.3. The van der Waals surface area contributed by atoms with E-state index in [9.17, 15) is 9.59 Å². The Hall–Kier alpha value is -2.04. The topological polar surface area (TPSA) is 46.6 Å². The molecule has 132 valence electrons. The molecule has 0 N–H and O–H groups in total.